The van der Waals surface area contributed by atoms with Crippen molar-refractivity contribution in [3.63, 3.8) is 0 Å². The van der Waals surface area contributed by atoms with Crippen LogP contribution in [0.25, 0.3) is 21.9 Å². The smallest absolute Gasteiger partial charge is 0.339 e. The molecule has 0 aliphatic carbocycles. The number of aliphatic hydroxyl groups is 1. The fourth-order valence-corrected chi connectivity index (χ4v) is 4.46. The van der Waals surface area contributed by atoms with E-state index in [0.29, 0.717) is 17.1 Å². The number of aromatic nitrogens is 1. The number of methoxy groups -OCH3 is 2. The van der Waals surface area contributed by atoms with Gasteiger partial charge in [0.05, 0.1) is 25.9 Å². The van der Waals surface area contributed by atoms with Crippen LogP contribution in [0, 0.1) is 0 Å². The summed E-state index contributed by atoms with van der Waals surface area (Å²) < 4.78 is 16.3. The largest absolute Gasteiger partial charge is 0.493 e. The Morgan fingerprint density at radius 2 is 1.81 bits per heavy atom. The van der Waals surface area contributed by atoms with Crippen LogP contribution >= 0.6 is 0 Å². The Balaban J connectivity index is 1.64. The zero-order chi connectivity index (χ0) is 21.5. The molecule has 3 aromatic rings. The lowest BCUT2D eigenvalue weighted by Crippen LogP contribution is -2.36. The SMILES string of the molecule is COc1cc2cc3c(c(-c4ccc(N5CCC(O)CC5)nc4)c2cc1OC)C(=O)OC3. The van der Waals surface area contributed by atoms with E-state index in [2.05, 4.69) is 9.88 Å². The number of piperidine rings is 1. The van der Waals surface area contributed by atoms with Crippen molar-refractivity contribution in [1.29, 1.82) is 0 Å². The maximum absolute atomic E-state index is 12.6. The van der Waals surface area contributed by atoms with E-state index in [-0.39, 0.29) is 18.7 Å². The van der Waals surface area contributed by atoms with Gasteiger partial charge in [-0.2, -0.15) is 0 Å². The van der Waals surface area contributed by atoms with Crippen LogP contribution < -0.4 is 14.4 Å². The summed E-state index contributed by atoms with van der Waals surface area (Å²) in [5.74, 6) is 1.77. The molecule has 2 aliphatic heterocycles. The van der Waals surface area contributed by atoms with Gasteiger partial charge in [-0.05, 0) is 53.9 Å². The molecule has 2 aliphatic rings. The number of carbonyl (C=O) groups is 1. The number of hydrogen-bond donors (Lipinski definition) is 1. The van der Waals surface area contributed by atoms with E-state index in [1.807, 2.05) is 30.3 Å². The predicted molar refractivity (Wildman–Crippen MR) is 117 cm³/mol. The molecule has 3 heterocycles. The molecule has 0 atom stereocenters. The third kappa shape index (κ3) is 3.35. The Hall–Kier alpha value is -3.32. The lowest BCUT2D eigenvalue weighted by atomic mass is 9.91. The fourth-order valence-electron chi connectivity index (χ4n) is 4.46. The third-order valence-electron chi connectivity index (χ3n) is 6.11. The first-order valence-electron chi connectivity index (χ1n) is 10.4. The molecule has 0 bridgehead atoms. The zero-order valence-electron chi connectivity index (χ0n) is 17.6. The highest BCUT2D eigenvalue weighted by Crippen LogP contribution is 2.42. The molecule has 1 N–H and O–H groups in total. The van der Waals surface area contributed by atoms with E-state index in [0.717, 1.165) is 59.2 Å². The number of esters is 1. The first kappa shape index (κ1) is 19.6. The molecular weight excluding hydrogens is 396 g/mol. The van der Waals surface area contributed by atoms with Crippen LogP contribution in [-0.2, 0) is 11.3 Å². The first-order chi connectivity index (χ1) is 15.1. The van der Waals surface area contributed by atoms with Crippen molar-refractivity contribution in [2.45, 2.75) is 25.6 Å². The number of rotatable bonds is 4. The molecule has 0 radical (unpaired) electrons. The Kier molecular flexibility index (Phi) is 4.90. The summed E-state index contributed by atoms with van der Waals surface area (Å²) in [5, 5.41) is 11.6. The van der Waals surface area contributed by atoms with Gasteiger partial charge in [0.15, 0.2) is 11.5 Å². The van der Waals surface area contributed by atoms with Gasteiger partial charge in [-0.15, -0.1) is 0 Å². The Morgan fingerprint density at radius 3 is 2.48 bits per heavy atom. The maximum Gasteiger partial charge on any atom is 0.339 e. The number of carbonyl (C=O) groups excluding carboxylic acids is 1. The number of ether oxygens (including phenoxy) is 3. The minimum Gasteiger partial charge on any atom is -0.493 e. The van der Waals surface area contributed by atoms with Crippen molar-refractivity contribution >= 4 is 22.6 Å². The normalized spacial score (nSPS) is 16.4. The molecule has 160 valence electrons. The summed E-state index contributed by atoms with van der Waals surface area (Å²) in [6.45, 7) is 1.81. The minimum absolute atomic E-state index is 0.230. The molecule has 0 spiro atoms. The van der Waals surface area contributed by atoms with Gasteiger partial charge < -0.3 is 24.2 Å². The van der Waals surface area contributed by atoms with Crippen LogP contribution in [0.4, 0.5) is 5.82 Å². The van der Waals surface area contributed by atoms with Gasteiger partial charge in [-0.3, -0.25) is 0 Å². The highest BCUT2D eigenvalue weighted by Gasteiger charge is 2.28. The monoisotopic (exact) mass is 420 g/mol. The van der Waals surface area contributed by atoms with E-state index in [1.54, 1.807) is 20.4 Å². The standard InChI is InChI=1S/C24H24N2O5/c1-29-19-10-15-9-16-13-31-24(28)23(16)22(18(15)11-20(19)30-2)14-3-4-21(25-12-14)26-7-5-17(27)6-8-26/h3-4,9-12,17,27H,5-8,13H2,1-2H3. The fraction of sp³-hybridized carbons (Fsp3) is 0.333. The predicted octanol–water partition coefficient (Wildman–Crippen LogP) is 3.55. The summed E-state index contributed by atoms with van der Waals surface area (Å²) >= 11 is 0. The van der Waals surface area contributed by atoms with Crippen LogP contribution in [0.1, 0.15) is 28.8 Å². The molecule has 1 fully saturated rings. The van der Waals surface area contributed by atoms with Crippen LogP contribution in [0.15, 0.2) is 36.5 Å². The number of anilines is 1. The molecule has 31 heavy (non-hydrogen) atoms. The van der Waals surface area contributed by atoms with Crippen LogP contribution in [0.2, 0.25) is 0 Å². The quantitative estimate of drug-likeness (QED) is 0.647. The summed E-state index contributed by atoms with van der Waals surface area (Å²) in [7, 11) is 3.20. The van der Waals surface area contributed by atoms with Crippen molar-refractivity contribution in [3.05, 3.63) is 47.7 Å². The van der Waals surface area contributed by atoms with Gasteiger partial charge in [0.2, 0.25) is 0 Å². The number of aliphatic hydroxyl groups excluding tert-OH is 1. The number of nitrogens with zero attached hydrogens (tertiary/aromatic N) is 2. The highest BCUT2D eigenvalue weighted by molar-refractivity contribution is 6.11. The number of cyclic esters (lactones) is 1. The van der Waals surface area contributed by atoms with E-state index >= 15 is 0 Å². The Labute approximate surface area is 180 Å². The Morgan fingerprint density at radius 1 is 1.06 bits per heavy atom. The molecule has 5 rings (SSSR count). The molecule has 0 amide bonds. The second-order valence-electron chi connectivity index (χ2n) is 7.91. The molecule has 0 unspecified atom stereocenters. The van der Waals surface area contributed by atoms with E-state index in [4.69, 9.17) is 14.2 Å². The summed E-state index contributed by atoms with van der Waals surface area (Å²) in [6.07, 6.45) is 3.06. The molecule has 2 aromatic carbocycles. The second kappa shape index (κ2) is 7.74. The van der Waals surface area contributed by atoms with Gasteiger partial charge in [0.1, 0.15) is 12.4 Å². The van der Waals surface area contributed by atoms with E-state index < -0.39 is 0 Å². The van der Waals surface area contributed by atoms with Gasteiger partial charge >= 0.3 is 5.97 Å². The molecule has 7 heteroatoms. The summed E-state index contributed by atoms with van der Waals surface area (Å²) in [5.41, 5.74) is 3.07. The number of fused-ring (bicyclic) bond motifs is 2. The third-order valence-corrected chi connectivity index (χ3v) is 6.11. The lowest BCUT2D eigenvalue weighted by molar-refractivity contribution is 0.0535. The van der Waals surface area contributed by atoms with E-state index in [1.165, 1.54) is 0 Å². The van der Waals surface area contributed by atoms with Gasteiger partial charge in [0.25, 0.3) is 0 Å². The summed E-state index contributed by atoms with van der Waals surface area (Å²) in [6, 6.07) is 9.75. The van der Waals surface area contributed by atoms with Crippen LogP contribution in [0.5, 0.6) is 11.5 Å². The maximum atomic E-state index is 12.6. The number of pyridine rings is 1. The van der Waals surface area contributed by atoms with Crippen LogP contribution in [-0.4, -0.2) is 49.5 Å². The molecule has 1 aromatic heterocycles. The molecule has 0 saturated carbocycles. The zero-order valence-corrected chi connectivity index (χ0v) is 17.6. The first-order valence-corrected chi connectivity index (χ1v) is 10.4. The second-order valence-corrected chi connectivity index (χ2v) is 7.91. The average molecular weight is 420 g/mol. The van der Waals surface area contributed by atoms with Crippen molar-refractivity contribution in [2.24, 2.45) is 0 Å². The number of benzene rings is 2. The van der Waals surface area contributed by atoms with E-state index in [9.17, 15) is 9.90 Å². The molecule has 1 saturated heterocycles. The average Bonchev–Trinajstić information content (AvgIpc) is 3.17. The lowest BCUT2D eigenvalue weighted by Gasteiger charge is -2.30. The van der Waals surface area contributed by atoms with Gasteiger partial charge in [0, 0.05) is 36.0 Å². The Bertz CT molecular complexity index is 1150. The van der Waals surface area contributed by atoms with Crippen molar-refractivity contribution < 1.29 is 24.1 Å². The molecular formula is C24H24N2O5. The topological polar surface area (TPSA) is 81.1 Å². The van der Waals surface area contributed by atoms with Crippen molar-refractivity contribution in [1.82, 2.24) is 4.98 Å². The van der Waals surface area contributed by atoms with Crippen molar-refractivity contribution in [2.75, 3.05) is 32.2 Å². The molecule has 7 nitrogen and oxygen atoms in total. The van der Waals surface area contributed by atoms with Gasteiger partial charge in [-0.25, -0.2) is 9.78 Å². The van der Waals surface area contributed by atoms with Crippen molar-refractivity contribution in [3.8, 4) is 22.6 Å². The summed E-state index contributed by atoms with van der Waals surface area (Å²) in [4.78, 5) is 19.4. The highest BCUT2D eigenvalue weighted by atomic mass is 16.5. The minimum atomic E-state index is -0.323. The van der Waals surface area contributed by atoms with Crippen LogP contribution in [0.3, 0.4) is 0 Å². The number of hydrogen-bond acceptors (Lipinski definition) is 7. The van der Waals surface area contributed by atoms with Gasteiger partial charge in [-0.1, -0.05) is 0 Å².